The van der Waals surface area contributed by atoms with Crippen LogP contribution in [0.25, 0.3) is 0 Å². The maximum absolute atomic E-state index is 12.4. The third-order valence-electron chi connectivity index (χ3n) is 2.94. The Morgan fingerprint density at radius 2 is 1.77 bits per heavy atom. The molecule has 7 nitrogen and oxygen atoms in total. The van der Waals surface area contributed by atoms with E-state index >= 15 is 0 Å². The SMILES string of the molecule is COc1cc(OC)c(S(=O)(=O)N[C@@H](C(=O)O)C(C)C)cc1Cl. The van der Waals surface area contributed by atoms with Gasteiger partial charge in [-0.25, -0.2) is 8.42 Å². The highest BCUT2D eigenvalue weighted by Gasteiger charge is 2.30. The van der Waals surface area contributed by atoms with Gasteiger partial charge in [-0.2, -0.15) is 4.72 Å². The summed E-state index contributed by atoms with van der Waals surface area (Å²) in [6, 6.07) is 1.21. The summed E-state index contributed by atoms with van der Waals surface area (Å²) in [7, 11) is -1.46. The Hall–Kier alpha value is -1.51. The predicted octanol–water partition coefficient (Wildman–Crippen LogP) is 1.74. The van der Waals surface area contributed by atoms with Crippen LogP contribution in [0.3, 0.4) is 0 Å². The first-order chi connectivity index (χ1) is 10.1. The molecule has 0 saturated carbocycles. The monoisotopic (exact) mass is 351 g/mol. The van der Waals surface area contributed by atoms with Crippen molar-refractivity contribution in [1.82, 2.24) is 4.72 Å². The zero-order valence-corrected chi connectivity index (χ0v) is 14.2. The van der Waals surface area contributed by atoms with Crippen molar-refractivity contribution in [2.75, 3.05) is 14.2 Å². The predicted molar refractivity (Wildman–Crippen MR) is 81.1 cm³/mol. The summed E-state index contributed by atoms with van der Waals surface area (Å²) in [5.74, 6) is -1.46. The second-order valence-corrected chi connectivity index (χ2v) is 6.91. The lowest BCUT2D eigenvalue weighted by atomic mass is 10.1. The molecule has 0 heterocycles. The van der Waals surface area contributed by atoms with E-state index in [2.05, 4.69) is 4.72 Å². The number of methoxy groups -OCH3 is 2. The molecule has 0 aliphatic heterocycles. The molecule has 1 atom stereocenters. The Kier molecular flexibility index (Phi) is 6.04. The summed E-state index contributed by atoms with van der Waals surface area (Å²) in [5.41, 5.74) is 0. The average Bonchev–Trinajstić information content (AvgIpc) is 2.43. The van der Waals surface area contributed by atoms with Crippen LogP contribution in [0.15, 0.2) is 17.0 Å². The van der Waals surface area contributed by atoms with Gasteiger partial charge in [0.1, 0.15) is 22.4 Å². The number of nitrogens with one attached hydrogen (secondary N) is 1. The van der Waals surface area contributed by atoms with Crippen LogP contribution in [0.5, 0.6) is 11.5 Å². The highest BCUT2D eigenvalue weighted by molar-refractivity contribution is 7.89. The van der Waals surface area contributed by atoms with Crippen molar-refractivity contribution in [1.29, 1.82) is 0 Å². The maximum Gasteiger partial charge on any atom is 0.322 e. The molecule has 0 amide bonds. The minimum atomic E-state index is -4.14. The molecule has 0 radical (unpaired) electrons. The molecule has 0 saturated heterocycles. The Balaban J connectivity index is 3.33. The summed E-state index contributed by atoms with van der Waals surface area (Å²) < 4.78 is 37.0. The smallest absolute Gasteiger partial charge is 0.322 e. The van der Waals surface area contributed by atoms with E-state index < -0.39 is 28.0 Å². The van der Waals surface area contributed by atoms with Crippen molar-refractivity contribution < 1.29 is 27.8 Å². The van der Waals surface area contributed by atoms with E-state index in [4.69, 9.17) is 26.2 Å². The number of carboxylic acid groups (broad SMARTS) is 1. The van der Waals surface area contributed by atoms with Gasteiger partial charge in [0, 0.05) is 6.07 Å². The fraction of sp³-hybridized carbons (Fsp3) is 0.462. The average molecular weight is 352 g/mol. The molecule has 9 heteroatoms. The zero-order chi connectivity index (χ0) is 17.1. The molecule has 124 valence electrons. The molecule has 1 aromatic rings. The molecular formula is C13H18ClNO6S. The van der Waals surface area contributed by atoms with Crippen molar-refractivity contribution in [2.45, 2.75) is 24.8 Å². The normalized spacial score (nSPS) is 13.0. The Bertz CT molecular complexity index is 659. The molecule has 22 heavy (non-hydrogen) atoms. The topological polar surface area (TPSA) is 102 Å². The number of halogens is 1. The van der Waals surface area contributed by atoms with Gasteiger partial charge in [-0.15, -0.1) is 0 Å². The van der Waals surface area contributed by atoms with Gasteiger partial charge in [-0.05, 0) is 12.0 Å². The molecule has 0 aromatic heterocycles. The van der Waals surface area contributed by atoms with Gasteiger partial charge >= 0.3 is 5.97 Å². The van der Waals surface area contributed by atoms with Crippen LogP contribution < -0.4 is 14.2 Å². The van der Waals surface area contributed by atoms with E-state index in [-0.39, 0.29) is 21.4 Å². The number of aliphatic carboxylic acids is 1. The second-order valence-electron chi connectivity index (χ2n) is 4.82. The van der Waals surface area contributed by atoms with E-state index in [1.54, 1.807) is 13.8 Å². The van der Waals surface area contributed by atoms with Crippen LogP contribution in [0.1, 0.15) is 13.8 Å². The fourth-order valence-electron chi connectivity index (χ4n) is 1.74. The van der Waals surface area contributed by atoms with Crippen molar-refractivity contribution >= 4 is 27.6 Å². The summed E-state index contributed by atoms with van der Waals surface area (Å²) in [4.78, 5) is 10.9. The van der Waals surface area contributed by atoms with Gasteiger partial charge in [0.2, 0.25) is 10.0 Å². The van der Waals surface area contributed by atoms with E-state index in [0.717, 1.165) is 6.07 Å². The van der Waals surface area contributed by atoms with Crippen LogP contribution in [-0.4, -0.2) is 39.8 Å². The first kappa shape index (κ1) is 18.5. The van der Waals surface area contributed by atoms with E-state index in [9.17, 15) is 13.2 Å². The third-order valence-corrected chi connectivity index (χ3v) is 4.70. The summed E-state index contributed by atoms with van der Waals surface area (Å²) >= 11 is 5.94. The Labute approximate surface area is 134 Å². The lowest BCUT2D eigenvalue weighted by molar-refractivity contribution is -0.140. The minimum Gasteiger partial charge on any atom is -0.495 e. The molecule has 0 aliphatic carbocycles. The third kappa shape index (κ3) is 4.02. The number of carboxylic acids is 1. The van der Waals surface area contributed by atoms with E-state index in [1.807, 2.05) is 0 Å². The highest BCUT2D eigenvalue weighted by Crippen LogP contribution is 2.35. The summed E-state index contributed by atoms with van der Waals surface area (Å²) in [6.07, 6.45) is 0. The number of carbonyl (C=O) groups is 1. The van der Waals surface area contributed by atoms with Crippen LogP contribution in [0.4, 0.5) is 0 Å². The number of hydrogen-bond donors (Lipinski definition) is 2. The molecule has 0 unspecified atom stereocenters. The fourth-order valence-corrected chi connectivity index (χ4v) is 3.56. The standard InChI is InChI=1S/C13H18ClNO6S/c1-7(2)12(13(16)17)15-22(18,19)11-5-8(14)9(20-3)6-10(11)21-4/h5-7,12,15H,1-4H3,(H,16,17)/t12-/m1/s1. The summed E-state index contributed by atoms with van der Waals surface area (Å²) in [5, 5.41) is 9.18. The van der Waals surface area contributed by atoms with Crippen molar-refractivity contribution in [3.63, 3.8) is 0 Å². The Morgan fingerprint density at radius 1 is 1.23 bits per heavy atom. The highest BCUT2D eigenvalue weighted by atomic mass is 35.5. The van der Waals surface area contributed by atoms with Crippen LogP contribution in [-0.2, 0) is 14.8 Å². The second kappa shape index (κ2) is 7.17. The van der Waals surface area contributed by atoms with Gasteiger partial charge in [0.05, 0.1) is 19.2 Å². The van der Waals surface area contributed by atoms with Crippen LogP contribution >= 0.6 is 11.6 Å². The molecule has 2 N–H and O–H groups in total. The van der Waals surface area contributed by atoms with Gasteiger partial charge in [0.25, 0.3) is 0 Å². The molecular weight excluding hydrogens is 334 g/mol. The molecule has 1 rings (SSSR count). The van der Waals surface area contributed by atoms with Crippen molar-refractivity contribution in [3.05, 3.63) is 17.2 Å². The van der Waals surface area contributed by atoms with Gasteiger partial charge in [0.15, 0.2) is 0 Å². The molecule has 0 bridgehead atoms. The van der Waals surface area contributed by atoms with Crippen molar-refractivity contribution in [3.8, 4) is 11.5 Å². The van der Waals surface area contributed by atoms with Crippen LogP contribution in [0, 0.1) is 5.92 Å². The number of hydrogen-bond acceptors (Lipinski definition) is 5. The largest absolute Gasteiger partial charge is 0.495 e. The molecule has 0 aliphatic rings. The molecule has 0 fully saturated rings. The minimum absolute atomic E-state index is 0.00152. The maximum atomic E-state index is 12.4. The zero-order valence-electron chi connectivity index (χ0n) is 12.6. The number of sulfonamides is 1. The van der Waals surface area contributed by atoms with Gasteiger partial charge < -0.3 is 14.6 Å². The van der Waals surface area contributed by atoms with Crippen molar-refractivity contribution in [2.24, 2.45) is 5.92 Å². The first-order valence-electron chi connectivity index (χ1n) is 6.30. The lowest BCUT2D eigenvalue weighted by Gasteiger charge is -2.19. The number of ether oxygens (including phenoxy) is 2. The number of rotatable bonds is 7. The van der Waals surface area contributed by atoms with E-state index in [1.165, 1.54) is 20.3 Å². The van der Waals surface area contributed by atoms with Gasteiger partial charge in [-0.3, -0.25) is 4.79 Å². The van der Waals surface area contributed by atoms with E-state index in [0.29, 0.717) is 0 Å². The molecule has 0 spiro atoms. The van der Waals surface area contributed by atoms with Crippen LogP contribution in [0.2, 0.25) is 5.02 Å². The number of benzene rings is 1. The Morgan fingerprint density at radius 3 is 2.18 bits per heavy atom. The van der Waals surface area contributed by atoms with Gasteiger partial charge in [-0.1, -0.05) is 25.4 Å². The lowest BCUT2D eigenvalue weighted by Crippen LogP contribution is -2.44. The summed E-state index contributed by atoms with van der Waals surface area (Å²) in [6.45, 7) is 3.19. The first-order valence-corrected chi connectivity index (χ1v) is 8.16. The molecule has 1 aromatic carbocycles. The quantitative estimate of drug-likeness (QED) is 0.775.